The van der Waals surface area contributed by atoms with Crippen LogP contribution in [-0.4, -0.2) is 21.9 Å². The fraction of sp³-hybridized carbons (Fsp3) is 0.0435. The van der Waals surface area contributed by atoms with Gasteiger partial charge in [0.1, 0.15) is 0 Å². The molecule has 3 rings (SSSR count). The SMILES string of the molecule is Cc1ccc(C(=O)O)c(NC(=O)C=Cc2ccc(-c3ccccc3)cc2[N+](=O)[O-])c1. The van der Waals surface area contributed by atoms with E-state index in [0.29, 0.717) is 5.56 Å². The number of nitro groups is 1. The number of amides is 1. The molecule has 0 aliphatic carbocycles. The molecule has 0 radical (unpaired) electrons. The molecule has 0 fully saturated rings. The fourth-order valence-corrected chi connectivity index (χ4v) is 2.94. The van der Waals surface area contributed by atoms with Crippen molar-refractivity contribution in [3.05, 3.63) is 99.6 Å². The second kappa shape index (κ2) is 8.83. The molecular weight excluding hydrogens is 384 g/mol. The number of anilines is 1. The van der Waals surface area contributed by atoms with Crippen LogP contribution in [0.5, 0.6) is 0 Å². The van der Waals surface area contributed by atoms with Gasteiger partial charge in [0.2, 0.25) is 5.91 Å². The minimum Gasteiger partial charge on any atom is -0.478 e. The summed E-state index contributed by atoms with van der Waals surface area (Å²) < 4.78 is 0. The minimum atomic E-state index is -1.17. The summed E-state index contributed by atoms with van der Waals surface area (Å²) in [5.41, 5.74) is 2.56. The van der Waals surface area contributed by atoms with Gasteiger partial charge >= 0.3 is 5.97 Å². The maximum atomic E-state index is 12.3. The Bertz CT molecular complexity index is 1150. The Balaban J connectivity index is 1.85. The van der Waals surface area contributed by atoms with Crippen molar-refractivity contribution >= 4 is 29.3 Å². The van der Waals surface area contributed by atoms with Gasteiger partial charge in [0, 0.05) is 12.1 Å². The van der Waals surface area contributed by atoms with Gasteiger partial charge in [0.05, 0.1) is 21.7 Å². The number of nitrogens with one attached hydrogen (secondary N) is 1. The summed E-state index contributed by atoms with van der Waals surface area (Å²) in [4.78, 5) is 34.6. The maximum Gasteiger partial charge on any atom is 0.337 e. The lowest BCUT2D eigenvalue weighted by Gasteiger charge is -2.08. The quantitative estimate of drug-likeness (QED) is 0.345. The van der Waals surface area contributed by atoms with Gasteiger partial charge in [-0.05, 0) is 47.9 Å². The van der Waals surface area contributed by atoms with Crippen LogP contribution in [0.15, 0.2) is 72.8 Å². The van der Waals surface area contributed by atoms with Crippen LogP contribution in [0.3, 0.4) is 0 Å². The molecule has 0 aromatic heterocycles. The summed E-state index contributed by atoms with van der Waals surface area (Å²) in [6, 6.07) is 18.6. The molecule has 0 unspecified atom stereocenters. The first-order valence-electron chi connectivity index (χ1n) is 9.02. The Morgan fingerprint density at radius 3 is 2.40 bits per heavy atom. The van der Waals surface area contributed by atoms with Gasteiger partial charge in [-0.15, -0.1) is 0 Å². The third-order valence-electron chi connectivity index (χ3n) is 4.41. The van der Waals surface area contributed by atoms with Gasteiger partial charge in [-0.25, -0.2) is 4.79 Å². The Labute approximate surface area is 172 Å². The summed E-state index contributed by atoms with van der Waals surface area (Å²) in [5, 5.41) is 23.3. The zero-order chi connectivity index (χ0) is 21.7. The number of carboxylic acid groups (broad SMARTS) is 1. The molecule has 0 atom stereocenters. The van der Waals surface area contributed by atoms with Crippen LogP contribution in [0.2, 0.25) is 0 Å². The summed E-state index contributed by atoms with van der Waals surface area (Å²) in [6.07, 6.45) is 2.47. The lowest BCUT2D eigenvalue weighted by Crippen LogP contribution is -2.12. The number of carboxylic acids is 1. The Morgan fingerprint density at radius 2 is 1.73 bits per heavy atom. The first-order valence-corrected chi connectivity index (χ1v) is 9.02. The zero-order valence-corrected chi connectivity index (χ0v) is 16.0. The van der Waals surface area contributed by atoms with Crippen LogP contribution < -0.4 is 5.32 Å². The highest BCUT2D eigenvalue weighted by Gasteiger charge is 2.15. The number of carbonyl (C=O) groups excluding carboxylic acids is 1. The second-order valence-electron chi connectivity index (χ2n) is 6.57. The first-order chi connectivity index (χ1) is 14.3. The predicted octanol–water partition coefficient (Wildman–Crippen LogP) is 4.92. The number of nitro benzene ring substituents is 1. The molecule has 150 valence electrons. The van der Waals surface area contributed by atoms with E-state index in [-0.39, 0.29) is 22.5 Å². The normalized spacial score (nSPS) is 10.7. The molecule has 0 aliphatic rings. The minimum absolute atomic E-state index is 0.0412. The molecule has 3 aromatic rings. The standard InChI is InChI=1S/C23H18N2O5/c1-15-7-11-19(23(27)28)20(13-15)24-22(26)12-10-17-8-9-18(14-21(17)25(29)30)16-5-3-2-4-6-16/h2-14H,1H3,(H,24,26)(H,27,28). The average Bonchev–Trinajstić information content (AvgIpc) is 2.72. The molecule has 0 saturated heterocycles. The van der Waals surface area contributed by atoms with E-state index < -0.39 is 16.8 Å². The van der Waals surface area contributed by atoms with Crippen molar-refractivity contribution in [1.82, 2.24) is 0 Å². The molecule has 30 heavy (non-hydrogen) atoms. The maximum absolute atomic E-state index is 12.3. The van der Waals surface area contributed by atoms with Gasteiger partial charge in [-0.3, -0.25) is 14.9 Å². The van der Waals surface area contributed by atoms with Crippen LogP contribution >= 0.6 is 0 Å². The lowest BCUT2D eigenvalue weighted by atomic mass is 10.0. The second-order valence-corrected chi connectivity index (χ2v) is 6.57. The van der Waals surface area contributed by atoms with Crippen molar-refractivity contribution in [1.29, 1.82) is 0 Å². The molecule has 7 heteroatoms. The molecule has 0 saturated carbocycles. The van der Waals surface area contributed by atoms with E-state index in [4.69, 9.17) is 0 Å². The van der Waals surface area contributed by atoms with Gasteiger partial charge in [-0.1, -0.05) is 42.5 Å². The number of hydrogen-bond donors (Lipinski definition) is 2. The van der Waals surface area contributed by atoms with Crippen LogP contribution in [0.25, 0.3) is 17.2 Å². The lowest BCUT2D eigenvalue weighted by molar-refractivity contribution is -0.385. The number of nitrogens with zero attached hydrogens (tertiary/aromatic N) is 1. The van der Waals surface area contributed by atoms with E-state index >= 15 is 0 Å². The average molecular weight is 402 g/mol. The topological polar surface area (TPSA) is 110 Å². The van der Waals surface area contributed by atoms with Gasteiger partial charge in [0.25, 0.3) is 5.69 Å². The van der Waals surface area contributed by atoms with Crippen molar-refractivity contribution in [3.63, 3.8) is 0 Å². The number of benzene rings is 3. The summed E-state index contributed by atoms with van der Waals surface area (Å²) >= 11 is 0. The highest BCUT2D eigenvalue weighted by molar-refractivity contribution is 6.06. The van der Waals surface area contributed by atoms with Crippen molar-refractivity contribution in [2.45, 2.75) is 6.92 Å². The predicted molar refractivity (Wildman–Crippen MR) is 114 cm³/mol. The molecule has 3 aromatic carbocycles. The third-order valence-corrected chi connectivity index (χ3v) is 4.41. The van der Waals surface area contributed by atoms with Crippen molar-refractivity contribution < 1.29 is 19.6 Å². The van der Waals surface area contributed by atoms with Crippen molar-refractivity contribution in [2.24, 2.45) is 0 Å². The first kappa shape index (κ1) is 20.5. The number of rotatable bonds is 6. The van der Waals surface area contributed by atoms with Crippen LogP contribution in [0.1, 0.15) is 21.5 Å². The van der Waals surface area contributed by atoms with Crippen LogP contribution in [0, 0.1) is 17.0 Å². The third kappa shape index (κ3) is 4.77. The van der Waals surface area contributed by atoms with E-state index in [0.717, 1.165) is 17.2 Å². The molecule has 7 nitrogen and oxygen atoms in total. The van der Waals surface area contributed by atoms with Crippen molar-refractivity contribution in [2.75, 3.05) is 5.32 Å². The van der Waals surface area contributed by atoms with E-state index in [2.05, 4.69) is 5.32 Å². The highest BCUT2D eigenvalue weighted by atomic mass is 16.6. The molecule has 2 N–H and O–H groups in total. The van der Waals surface area contributed by atoms with Crippen LogP contribution in [0.4, 0.5) is 11.4 Å². The Kier molecular flexibility index (Phi) is 6.03. The molecule has 0 bridgehead atoms. The molecule has 0 aliphatic heterocycles. The van der Waals surface area contributed by atoms with Crippen molar-refractivity contribution in [3.8, 4) is 11.1 Å². The largest absolute Gasteiger partial charge is 0.478 e. The molecule has 0 spiro atoms. The highest BCUT2D eigenvalue weighted by Crippen LogP contribution is 2.28. The van der Waals surface area contributed by atoms with Gasteiger partial charge in [0.15, 0.2) is 0 Å². The molecular formula is C23H18N2O5. The number of carbonyl (C=O) groups is 2. The number of aromatic carboxylic acids is 1. The van der Waals surface area contributed by atoms with Gasteiger partial charge < -0.3 is 10.4 Å². The fourth-order valence-electron chi connectivity index (χ4n) is 2.94. The smallest absolute Gasteiger partial charge is 0.337 e. The summed E-state index contributed by atoms with van der Waals surface area (Å²) in [5.74, 6) is -1.76. The summed E-state index contributed by atoms with van der Waals surface area (Å²) in [7, 11) is 0. The van der Waals surface area contributed by atoms with Crippen LogP contribution in [-0.2, 0) is 4.79 Å². The van der Waals surface area contributed by atoms with E-state index in [1.165, 1.54) is 18.2 Å². The Hall–Kier alpha value is -4.26. The van der Waals surface area contributed by atoms with E-state index in [9.17, 15) is 24.8 Å². The molecule has 0 heterocycles. The number of aryl methyl sites for hydroxylation is 1. The summed E-state index contributed by atoms with van der Waals surface area (Å²) in [6.45, 7) is 1.77. The number of hydrogen-bond acceptors (Lipinski definition) is 4. The monoisotopic (exact) mass is 402 g/mol. The molecule has 1 amide bonds. The van der Waals surface area contributed by atoms with Gasteiger partial charge in [-0.2, -0.15) is 0 Å². The zero-order valence-electron chi connectivity index (χ0n) is 16.0. The van der Waals surface area contributed by atoms with E-state index in [1.54, 1.807) is 31.2 Å². The van der Waals surface area contributed by atoms with E-state index in [1.807, 2.05) is 30.3 Å². The Morgan fingerprint density at radius 1 is 1.00 bits per heavy atom.